The highest BCUT2D eigenvalue weighted by molar-refractivity contribution is 6.06. The smallest absolute Gasteiger partial charge is 0.306 e. The molecule has 1 heterocycles. The lowest BCUT2D eigenvalue weighted by Gasteiger charge is -2.37. The number of hydrogen-bond donors (Lipinski definition) is 0. The molecule has 1 aromatic rings. The van der Waals surface area contributed by atoms with E-state index in [-0.39, 0.29) is 54.3 Å². The molecule has 2 amide bonds. The van der Waals surface area contributed by atoms with Gasteiger partial charge in [-0.2, -0.15) is 0 Å². The predicted octanol–water partition coefficient (Wildman–Crippen LogP) is 3.03. The lowest BCUT2D eigenvalue weighted by atomic mass is 9.63. The van der Waals surface area contributed by atoms with Crippen LogP contribution in [0.2, 0.25) is 0 Å². The average molecular weight is 421 g/mol. The number of allylic oxidation sites excluding steroid dienone is 2. The molecule has 31 heavy (non-hydrogen) atoms. The number of imide groups is 1. The quantitative estimate of drug-likeness (QED) is 0.201. The zero-order chi connectivity index (χ0) is 21.5. The van der Waals surface area contributed by atoms with Crippen LogP contribution in [0.25, 0.3) is 0 Å². The van der Waals surface area contributed by atoms with Crippen LogP contribution < -0.4 is 0 Å². The largest absolute Gasteiger partial charge is 0.457 e. The Labute approximate surface area is 181 Å². The van der Waals surface area contributed by atoms with Crippen molar-refractivity contribution in [2.45, 2.75) is 32.1 Å². The van der Waals surface area contributed by atoms with Crippen molar-refractivity contribution in [3.63, 3.8) is 0 Å². The molecule has 6 heteroatoms. The van der Waals surface area contributed by atoms with E-state index < -0.39 is 5.97 Å². The first-order valence-electron chi connectivity index (χ1n) is 11.3. The maximum Gasteiger partial charge on any atom is 0.306 e. The standard InChI is InChI=1S/C25H27NO5/c27-20(15-7-3-1-4-8-15)14-31-21(28)9-5-2-6-12-26-24(29)22-16-10-11-17(19-13-18(16)19)23(22)25(26)30/h1,3-4,7-8,10-11,16-19,22-23H,2,5-6,9,12-14H2/t16-,17-,18-,19-,22-,23+/m0/s1. The van der Waals surface area contributed by atoms with E-state index in [1.165, 1.54) is 11.3 Å². The van der Waals surface area contributed by atoms with Crippen LogP contribution in [0.1, 0.15) is 42.5 Å². The number of likely N-dealkylation sites (tertiary alicyclic amines) is 1. The van der Waals surface area contributed by atoms with Gasteiger partial charge in [-0.1, -0.05) is 48.9 Å². The number of unbranched alkanes of at least 4 members (excludes halogenated alkanes) is 2. The van der Waals surface area contributed by atoms with Crippen molar-refractivity contribution >= 4 is 23.6 Å². The van der Waals surface area contributed by atoms with Gasteiger partial charge in [0.2, 0.25) is 11.8 Å². The number of ketones is 1. The molecule has 4 aliphatic carbocycles. The minimum absolute atomic E-state index is 0.0125. The van der Waals surface area contributed by atoms with Gasteiger partial charge in [-0.15, -0.1) is 0 Å². The molecular weight excluding hydrogens is 394 g/mol. The third-order valence-corrected chi connectivity index (χ3v) is 7.48. The lowest BCUT2D eigenvalue weighted by Crippen LogP contribution is -2.40. The topological polar surface area (TPSA) is 80.8 Å². The van der Waals surface area contributed by atoms with Gasteiger partial charge >= 0.3 is 5.97 Å². The summed E-state index contributed by atoms with van der Waals surface area (Å²) in [4.78, 5) is 51.1. The molecule has 1 aliphatic heterocycles. The minimum Gasteiger partial charge on any atom is -0.457 e. The molecule has 5 aliphatic rings. The highest BCUT2D eigenvalue weighted by atomic mass is 16.5. The van der Waals surface area contributed by atoms with Crippen LogP contribution in [-0.4, -0.2) is 41.6 Å². The van der Waals surface area contributed by atoms with E-state index in [0.717, 1.165) is 6.42 Å². The van der Waals surface area contributed by atoms with Gasteiger partial charge in [0.25, 0.3) is 0 Å². The Bertz CT molecular complexity index is 902. The number of amides is 2. The molecule has 0 spiro atoms. The molecule has 0 N–H and O–H groups in total. The predicted molar refractivity (Wildman–Crippen MR) is 112 cm³/mol. The van der Waals surface area contributed by atoms with E-state index in [4.69, 9.17) is 4.74 Å². The Kier molecular flexibility index (Phi) is 5.24. The van der Waals surface area contributed by atoms with Crippen molar-refractivity contribution in [3.8, 4) is 0 Å². The van der Waals surface area contributed by atoms with E-state index in [2.05, 4.69) is 12.2 Å². The molecule has 3 fully saturated rings. The minimum atomic E-state index is -0.398. The summed E-state index contributed by atoms with van der Waals surface area (Å²) in [7, 11) is 0. The Hall–Kier alpha value is -2.76. The average Bonchev–Trinajstić information content (AvgIpc) is 3.58. The second-order valence-corrected chi connectivity index (χ2v) is 9.24. The first-order chi connectivity index (χ1) is 15.1. The molecule has 6 atom stereocenters. The first-order valence-corrected chi connectivity index (χ1v) is 11.3. The van der Waals surface area contributed by atoms with Gasteiger partial charge in [-0.05, 0) is 42.9 Å². The van der Waals surface area contributed by atoms with Crippen LogP contribution in [0.15, 0.2) is 42.5 Å². The zero-order valence-electron chi connectivity index (χ0n) is 17.4. The number of esters is 1. The number of Topliss-reactive ketones (excluding diaryl/α,β-unsaturated/α-hetero) is 1. The number of rotatable bonds is 9. The van der Waals surface area contributed by atoms with E-state index >= 15 is 0 Å². The van der Waals surface area contributed by atoms with Crippen LogP contribution in [-0.2, 0) is 19.1 Å². The molecule has 2 bridgehead atoms. The highest BCUT2D eigenvalue weighted by Crippen LogP contribution is 2.65. The molecule has 1 aromatic carbocycles. The van der Waals surface area contributed by atoms with Crippen LogP contribution in [0.5, 0.6) is 0 Å². The highest BCUT2D eigenvalue weighted by Gasteiger charge is 2.66. The molecule has 6 nitrogen and oxygen atoms in total. The number of hydrogen-bond acceptors (Lipinski definition) is 5. The normalized spacial score (nSPS) is 32.1. The Morgan fingerprint density at radius 3 is 2.19 bits per heavy atom. The van der Waals surface area contributed by atoms with Gasteiger partial charge in [0.05, 0.1) is 11.8 Å². The van der Waals surface area contributed by atoms with E-state index in [9.17, 15) is 19.2 Å². The molecule has 6 rings (SSSR count). The first kappa shape index (κ1) is 20.2. The summed E-state index contributed by atoms with van der Waals surface area (Å²) in [6.07, 6.45) is 7.78. The molecule has 0 radical (unpaired) electrons. The van der Waals surface area contributed by atoms with E-state index in [0.29, 0.717) is 36.8 Å². The molecule has 0 unspecified atom stereocenters. The number of carbonyl (C=O) groups excluding carboxylic acids is 4. The third-order valence-electron chi connectivity index (χ3n) is 7.48. The number of carbonyl (C=O) groups is 4. The van der Waals surface area contributed by atoms with Crippen molar-refractivity contribution < 1.29 is 23.9 Å². The van der Waals surface area contributed by atoms with Gasteiger partial charge in [-0.25, -0.2) is 0 Å². The summed E-state index contributed by atoms with van der Waals surface area (Å²) >= 11 is 0. The second kappa shape index (κ2) is 8.06. The van der Waals surface area contributed by atoms with Gasteiger partial charge in [0, 0.05) is 18.5 Å². The number of ether oxygens (including phenoxy) is 1. The second-order valence-electron chi connectivity index (χ2n) is 9.24. The lowest BCUT2D eigenvalue weighted by molar-refractivity contribution is -0.143. The van der Waals surface area contributed by atoms with Crippen molar-refractivity contribution in [1.29, 1.82) is 0 Å². The molecule has 2 saturated carbocycles. The summed E-state index contributed by atoms with van der Waals surface area (Å²) in [6, 6.07) is 8.74. The molecule has 1 saturated heterocycles. The van der Waals surface area contributed by atoms with Gasteiger partial charge in [-0.3, -0.25) is 24.1 Å². The van der Waals surface area contributed by atoms with Crippen LogP contribution >= 0.6 is 0 Å². The van der Waals surface area contributed by atoms with E-state index in [1.54, 1.807) is 24.3 Å². The Morgan fingerprint density at radius 1 is 0.903 bits per heavy atom. The van der Waals surface area contributed by atoms with Crippen LogP contribution in [0, 0.1) is 35.5 Å². The maximum absolute atomic E-state index is 12.9. The van der Waals surface area contributed by atoms with Gasteiger partial charge in [0.15, 0.2) is 12.4 Å². The summed E-state index contributed by atoms with van der Waals surface area (Å²) in [5.74, 6) is 0.891. The van der Waals surface area contributed by atoms with Gasteiger partial charge in [0.1, 0.15) is 0 Å². The number of nitrogens with zero attached hydrogens (tertiary/aromatic N) is 1. The van der Waals surface area contributed by atoms with Crippen LogP contribution in [0.3, 0.4) is 0 Å². The van der Waals surface area contributed by atoms with E-state index in [1.807, 2.05) is 6.07 Å². The monoisotopic (exact) mass is 421 g/mol. The SMILES string of the molecule is O=C(CCCCCN1C(=O)[C@@H]2[C@H]3C=C[C@@H]([C@@H]4C[C@@H]34)[C@@H]2C1=O)OCC(=O)c1ccccc1. The third kappa shape index (κ3) is 3.62. The molecule has 162 valence electrons. The van der Waals surface area contributed by atoms with Crippen molar-refractivity contribution in [1.82, 2.24) is 4.90 Å². The molecular formula is C25H27NO5. The van der Waals surface area contributed by atoms with Crippen molar-refractivity contribution in [3.05, 3.63) is 48.0 Å². The summed E-state index contributed by atoms with van der Waals surface area (Å²) in [5, 5.41) is 0. The van der Waals surface area contributed by atoms with Crippen molar-refractivity contribution in [2.24, 2.45) is 35.5 Å². The van der Waals surface area contributed by atoms with Crippen LogP contribution in [0.4, 0.5) is 0 Å². The summed E-state index contributed by atoms with van der Waals surface area (Å²) in [5.41, 5.74) is 0.525. The van der Waals surface area contributed by atoms with Crippen molar-refractivity contribution in [2.75, 3.05) is 13.2 Å². The maximum atomic E-state index is 12.9. The zero-order valence-corrected chi connectivity index (χ0v) is 17.4. The summed E-state index contributed by atoms with van der Waals surface area (Å²) in [6.45, 7) is 0.182. The Morgan fingerprint density at radius 2 is 1.55 bits per heavy atom. The molecule has 0 aromatic heterocycles. The fraction of sp³-hybridized carbons (Fsp3) is 0.520. The fourth-order valence-electron chi connectivity index (χ4n) is 5.88. The Balaban J connectivity index is 1.02. The summed E-state index contributed by atoms with van der Waals surface area (Å²) < 4.78 is 5.07. The number of benzene rings is 1. The fourth-order valence-corrected chi connectivity index (χ4v) is 5.88. The van der Waals surface area contributed by atoms with Gasteiger partial charge < -0.3 is 4.74 Å².